The van der Waals surface area contributed by atoms with Gasteiger partial charge in [-0.05, 0) is 51.3 Å². The van der Waals surface area contributed by atoms with Gasteiger partial charge in [0, 0.05) is 18.7 Å². The third-order valence-electron chi connectivity index (χ3n) is 3.54. The van der Waals surface area contributed by atoms with Crippen LogP contribution in [-0.4, -0.2) is 38.4 Å². The molecule has 1 aromatic rings. The summed E-state index contributed by atoms with van der Waals surface area (Å²) in [5.41, 5.74) is 1.54. The van der Waals surface area contributed by atoms with Crippen LogP contribution in [0.25, 0.3) is 0 Å². The summed E-state index contributed by atoms with van der Waals surface area (Å²) < 4.78 is 16.9. The Hall–Kier alpha value is -1.59. The van der Waals surface area contributed by atoms with Gasteiger partial charge in [-0.25, -0.2) is 0 Å². The van der Waals surface area contributed by atoms with E-state index in [1.807, 2.05) is 13.0 Å². The summed E-state index contributed by atoms with van der Waals surface area (Å²) in [4.78, 5) is 11.5. The van der Waals surface area contributed by atoms with Gasteiger partial charge < -0.3 is 19.5 Å². The third kappa shape index (κ3) is 5.00. The highest BCUT2D eigenvalue weighted by Crippen LogP contribution is 2.26. The summed E-state index contributed by atoms with van der Waals surface area (Å²) >= 11 is 0. The Labute approximate surface area is 131 Å². The number of ketones is 1. The van der Waals surface area contributed by atoms with E-state index in [2.05, 4.69) is 5.32 Å². The molecule has 1 heterocycles. The van der Waals surface area contributed by atoms with Gasteiger partial charge >= 0.3 is 0 Å². The average molecular weight is 307 g/mol. The van der Waals surface area contributed by atoms with Crippen LogP contribution in [0.1, 0.15) is 43.5 Å². The molecule has 1 fully saturated rings. The first-order chi connectivity index (χ1) is 10.7. The van der Waals surface area contributed by atoms with Crippen LogP contribution in [0.4, 0.5) is 5.69 Å². The van der Waals surface area contributed by atoms with Crippen LogP contribution in [0.2, 0.25) is 0 Å². The number of carbonyl (C=O) groups is 1. The van der Waals surface area contributed by atoms with Crippen LogP contribution >= 0.6 is 0 Å². The second-order valence-electron chi connectivity index (χ2n) is 5.31. The van der Waals surface area contributed by atoms with Crippen LogP contribution in [0.3, 0.4) is 0 Å². The van der Waals surface area contributed by atoms with E-state index in [1.54, 1.807) is 19.1 Å². The molecule has 0 aliphatic carbocycles. The third-order valence-corrected chi connectivity index (χ3v) is 3.54. The minimum Gasteiger partial charge on any atom is -0.489 e. The van der Waals surface area contributed by atoms with Crippen molar-refractivity contribution in [3.63, 3.8) is 0 Å². The second kappa shape index (κ2) is 8.76. The molecule has 1 saturated heterocycles. The van der Waals surface area contributed by atoms with E-state index in [1.165, 1.54) is 0 Å². The maximum absolute atomic E-state index is 11.5. The first-order valence-electron chi connectivity index (χ1n) is 7.95. The Bertz CT molecular complexity index is 484. The summed E-state index contributed by atoms with van der Waals surface area (Å²) in [6.45, 7) is 6.04. The Morgan fingerprint density at radius 1 is 1.36 bits per heavy atom. The van der Waals surface area contributed by atoms with Crippen LogP contribution < -0.4 is 10.1 Å². The molecule has 2 rings (SSSR count). The first kappa shape index (κ1) is 16.8. The predicted molar refractivity (Wildman–Crippen MR) is 85.6 cm³/mol. The van der Waals surface area contributed by atoms with E-state index >= 15 is 0 Å². The van der Waals surface area contributed by atoms with Crippen molar-refractivity contribution >= 4 is 11.5 Å². The standard InChI is InChI=1S/C17H25NO4/c1-3-18-15-8-7-14(13(2)19)12-16(15)20-10-11-22-17-6-4-5-9-21-17/h7-8,12,17-18H,3-6,9-11H2,1-2H3. The smallest absolute Gasteiger partial charge is 0.159 e. The molecule has 0 aromatic heterocycles. The van der Waals surface area contributed by atoms with E-state index in [0.717, 1.165) is 38.1 Å². The van der Waals surface area contributed by atoms with Crippen LogP contribution in [-0.2, 0) is 9.47 Å². The molecule has 0 amide bonds. The van der Waals surface area contributed by atoms with Gasteiger partial charge in [0.05, 0.1) is 12.3 Å². The average Bonchev–Trinajstić information content (AvgIpc) is 2.54. The number of hydrogen-bond acceptors (Lipinski definition) is 5. The number of Topliss-reactive ketones (excluding diaryl/α,β-unsaturated/α-hetero) is 1. The maximum Gasteiger partial charge on any atom is 0.159 e. The summed E-state index contributed by atoms with van der Waals surface area (Å²) in [5.74, 6) is 0.711. The topological polar surface area (TPSA) is 56.8 Å². The molecule has 0 spiro atoms. The normalized spacial score (nSPS) is 18.0. The molecule has 5 nitrogen and oxygen atoms in total. The summed E-state index contributed by atoms with van der Waals surface area (Å²) in [5, 5.41) is 3.23. The number of carbonyl (C=O) groups excluding carboxylic acids is 1. The highest BCUT2D eigenvalue weighted by molar-refractivity contribution is 5.95. The van der Waals surface area contributed by atoms with Crippen LogP contribution in [0.15, 0.2) is 18.2 Å². The fourth-order valence-electron chi connectivity index (χ4n) is 2.37. The van der Waals surface area contributed by atoms with Crippen LogP contribution in [0.5, 0.6) is 5.75 Å². The van der Waals surface area contributed by atoms with Gasteiger partial charge in [-0.3, -0.25) is 4.79 Å². The van der Waals surface area contributed by atoms with Gasteiger partial charge in [0.2, 0.25) is 0 Å². The van der Waals surface area contributed by atoms with E-state index in [0.29, 0.717) is 24.5 Å². The van der Waals surface area contributed by atoms with Gasteiger partial charge in [-0.15, -0.1) is 0 Å². The lowest BCUT2D eigenvalue weighted by Crippen LogP contribution is -2.24. The SMILES string of the molecule is CCNc1ccc(C(C)=O)cc1OCCOC1CCCCO1. The van der Waals surface area contributed by atoms with Crippen molar-refractivity contribution in [3.8, 4) is 5.75 Å². The molecule has 1 aliphatic rings. The molecule has 1 unspecified atom stereocenters. The van der Waals surface area contributed by atoms with Gasteiger partial charge in [0.25, 0.3) is 0 Å². The number of anilines is 1. The highest BCUT2D eigenvalue weighted by Gasteiger charge is 2.14. The van der Waals surface area contributed by atoms with Crippen molar-refractivity contribution in [2.75, 3.05) is 31.7 Å². The molecule has 0 bridgehead atoms. The largest absolute Gasteiger partial charge is 0.489 e. The van der Waals surface area contributed by atoms with E-state index in [4.69, 9.17) is 14.2 Å². The minimum atomic E-state index is -0.103. The van der Waals surface area contributed by atoms with E-state index in [-0.39, 0.29) is 12.1 Å². The number of rotatable bonds is 8. The zero-order valence-corrected chi connectivity index (χ0v) is 13.4. The fourth-order valence-corrected chi connectivity index (χ4v) is 2.37. The quantitative estimate of drug-likeness (QED) is 0.590. The molecule has 5 heteroatoms. The van der Waals surface area contributed by atoms with Gasteiger partial charge in [-0.2, -0.15) is 0 Å². The number of hydrogen-bond donors (Lipinski definition) is 1. The minimum absolute atomic E-state index is 0.0276. The Morgan fingerprint density at radius 2 is 2.23 bits per heavy atom. The van der Waals surface area contributed by atoms with Gasteiger partial charge in [0.1, 0.15) is 12.4 Å². The molecule has 1 aliphatic heterocycles. The van der Waals surface area contributed by atoms with Crippen LogP contribution in [0, 0.1) is 0 Å². The molecule has 22 heavy (non-hydrogen) atoms. The molecule has 1 atom stereocenters. The highest BCUT2D eigenvalue weighted by atomic mass is 16.7. The first-order valence-corrected chi connectivity index (χ1v) is 7.95. The lowest BCUT2D eigenvalue weighted by molar-refractivity contribution is -0.165. The lowest BCUT2D eigenvalue weighted by Gasteiger charge is -2.22. The van der Waals surface area contributed by atoms with E-state index in [9.17, 15) is 4.79 Å². The lowest BCUT2D eigenvalue weighted by atomic mass is 10.1. The molecule has 0 saturated carbocycles. The van der Waals surface area contributed by atoms with Crippen molar-refractivity contribution < 1.29 is 19.0 Å². The van der Waals surface area contributed by atoms with Crippen molar-refractivity contribution in [2.24, 2.45) is 0 Å². The molecule has 1 aromatic carbocycles. The Kier molecular flexibility index (Phi) is 6.68. The zero-order valence-electron chi connectivity index (χ0n) is 13.4. The van der Waals surface area contributed by atoms with Gasteiger partial charge in [-0.1, -0.05) is 0 Å². The maximum atomic E-state index is 11.5. The predicted octanol–water partition coefficient (Wildman–Crippen LogP) is 3.24. The Balaban J connectivity index is 1.86. The van der Waals surface area contributed by atoms with Crippen molar-refractivity contribution in [3.05, 3.63) is 23.8 Å². The molecular weight excluding hydrogens is 282 g/mol. The summed E-state index contributed by atoms with van der Waals surface area (Å²) in [6.07, 6.45) is 3.11. The molecule has 0 radical (unpaired) electrons. The van der Waals surface area contributed by atoms with Crippen molar-refractivity contribution in [1.82, 2.24) is 0 Å². The second-order valence-corrected chi connectivity index (χ2v) is 5.31. The molecule has 1 N–H and O–H groups in total. The monoisotopic (exact) mass is 307 g/mol. The Morgan fingerprint density at radius 3 is 2.91 bits per heavy atom. The number of benzene rings is 1. The summed E-state index contributed by atoms with van der Waals surface area (Å²) in [7, 11) is 0. The van der Waals surface area contributed by atoms with Crippen molar-refractivity contribution in [1.29, 1.82) is 0 Å². The number of ether oxygens (including phenoxy) is 3. The zero-order chi connectivity index (χ0) is 15.8. The molecule has 122 valence electrons. The number of nitrogens with one attached hydrogen (secondary N) is 1. The fraction of sp³-hybridized carbons (Fsp3) is 0.588. The van der Waals surface area contributed by atoms with Gasteiger partial charge in [0.15, 0.2) is 12.1 Å². The summed E-state index contributed by atoms with van der Waals surface area (Å²) in [6, 6.07) is 5.46. The van der Waals surface area contributed by atoms with Crippen molar-refractivity contribution in [2.45, 2.75) is 39.4 Å². The molecular formula is C17H25NO4. The van der Waals surface area contributed by atoms with E-state index < -0.39 is 0 Å².